The van der Waals surface area contributed by atoms with E-state index in [0.717, 1.165) is 11.1 Å². The molecule has 1 aromatic heterocycles. The van der Waals surface area contributed by atoms with Crippen LogP contribution >= 0.6 is 0 Å². The van der Waals surface area contributed by atoms with E-state index in [1.165, 1.54) is 10.7 Å². The Balaban J connectivity index is 1.09. The number of nitrogens with zero attached hydrogens (tertiary/aromatic N) is 3. The fraction of sp³-hybridized carbons (Fsp3) is 0.290. The molecule has 11 heteroatoms. The first-order valence-corrected chi connectivity index (χ1v) is 13.9. The van der Waals surface area contributed by atoms with Crippen LogP contribution in [0.25, 0.3) is 10.9 Å². The van der Waals surface area contributed by atoms with Gasteiger partial charge in [0.25, 0.3) is 17.4 Å². The first kappa shape index (κ1) is 27.3. The van der Waals surface area contributed by atoms with Crippen molar-refractivity contribution < 1.29 is 23.5 Å². The van der Waals surface area contributed by atoms with E-state index in [-0.39, 0.29) is 42.6 Å². The number of fused-ring (bicyclic) bond motifs is 1. The molecule has 3 aromatic carbocycles. The highest BCUT2D eigenvalue weighted by Crippen LogP contribution is 2.26. The van der Waals surface area contributed by atoms with Crippen LogP contribution in [-0.2, 0) is 16.2 Å². The molecular weight excluding hydrogens is 541 g/mol. The van der Waals surface area contributed by atoms with Crippen LogP contribution in [0.4, 0.5) is 10.1 Å². The number of imide groups is 1. The van der Waals surface area contributed by atoms with Gasteiger partial charge in [-0.25, -0.2) is 9.07 Å². The van der Waals surface area contributed by atoms with Crippen molar-refractivity contribution in [3.63, 3.8) is 0 Å². The number of carbonyl (C=O) groups is 3. The van der Waals surface area contributed by atoms with Gasteiger partial charge in [-0.15, -0.1) is 0 Å². The number of halogens is 1. The average molecular weight is 572 g/mol. The molecule has 3 heterocycles. The van der Waals surface area contributed by atoms with Crippen molar-refractivity contribution >= 4 is 34.3 Å². The van der Waals surface area contributed by atoms with Crippen LogP contribution in [0.5, 0.6) is 5.75 Å². The Labute approximate surface area is 240 Å². The molecule has 2 saturated heterocycles. The SMILES string of the molecule is Cc1ccc(N2CCN(C(=O)c3ccc(COc4cccc5c(=O)n(C6CCC(=O)NC6=O)[nH]c45)cc3)CC2)c(F)c1. The molecule has 3 amide bonds. The molecule has 0 radical (unpaired) electrons. The van der Waals surface area contributed by atoms with Gasteiger partial charge in [-0.1, -0.05) is 24.3 Å². The number of rotatable bonds is 6. The van der Waals surface area contributed by atoms with Gasteiger partial charge >= 0.3 is 0 Å². The first-order chi connectivity index (χ1) is 20.3. The summed E-state index contributed by atoms with van der Waals surface area (Å²) in [5, 5.41) is 5.65. The van der Waals surface area contributed by atoms with Crippen LogP contribution in [0.15, 0.2) is 65.5 Å². The Kier molecular flexibility index (Phi) is 7.24. The number of anilines is 1. The van der Waals surface area contributed by atoms with Crippen LogP contribution in [0.1, 0.15) is 40.4 Å². The number of aromatic amines is 1. The predicted octanol–water partition coefficient (Wildman–Crippen LogP) is 3.30. The molecule has 6 rings (SSSR count). The van der Waals surface area contributed by atoms with Crippen molar-refractivity contribution in [1.82, 2.24) is 20.0 Å². The average Bonchev–Trinajstić information content (AvgIpc) is 3.32. The number of para-hydroxylation sites is 1. The second-order valence-corrected chi connectivity index (χ2v) is 10.7. The number of piperazine rings is 1. The van der Waals surface area contributed by atoms with Gasteiger partial charge < -0.3 is 14.5 Å². The maximum Gasteiger partial charge on any atom is 0.275 e. The molecule has 2 aliphatic heterocycles. The summed E-state index contributed by atoms with van der Waals surface area (Å²) in [6.07, 6.45) is 0.392. The third kappa shape index (κ3) is 5.25. The number of piperidine rings is 1. The second-order valence-electron chi connectivity index (χ2n) is 10.7. The molecule has 10 nitrogen and oxygen atoms in total. The number of H-pyrrole nitrogens is 1. The Hall–Kier alpha value is -4.93. The Morgan fingerprint density at radius 2 is 1.76 bits per heavy atom. The molecule has 42 heavy (non-hydrogen) atoms. The normalized spacial score (nSPS) is 17.4. The van der Waals surface area contributed by atoms with Crippen molar-refractivity contribution in [3.05, 3.63) is 93.5 Å². The summed E-state index contributed by atoms with van der Waals surface area (Å²) >= 11 is 0. The van der Waals surface area contributed by atoms with Gasteiger partial charge in [0.05, 0.1) is 11.1 Å². The lowest BCUT2D eigenvalue weighted by molar-refractivity contribution is -0.136. The lowest BCUT2D eigenvalue weighted by atomic mass is 10.1. The monoisotopic (exact) mass is 571 g/mol. The summed E-state index contributed by atoms with van der Waals surface area (Å²) < 4.78 is 21.7. The van der Waals surface area contributed by atoms with E-state index in [2.05, 4.69) is 10.4 Å². The molecule has 0 saturated carbocycles. The third-order valence-corrected chi connectivity index (χ3v) is 7.84. The largest absolute Gasteiger partial charge is 0.487 e. The summed E-state index contributed by atoms with van der Waals surface area (Å²) in [7, 11) is 0. The number of nitrogens with one attached hydrogen (secondary N) is 2. The van der Waals surface area contributed by atoms with E-state index in [0.29, 0.717) is 54.1 Å². The Morgan fingerprint density at radius 1 is 1.00 bits per heavy atom. The zero-order chi connectivity index (χ0) is 29.4. The van der Waals surface area contributed by atoms with E-state index < -0.39 is 11.9 Å². The summed E-state index contributed by atoms with van der Waals surface area (Å²) in [6, 6.07) is 16.6. The highest BCUT2D eigenvalue weighted by molar-refractivity contribution is 5.99. The molecule has 2 aliphatic rings. The van der Waals surface area contributed by atoms with Gasteiger partial charge in [-0.05, 0) is 60.9 Å². The number of carbonyl (C=O) groups excluding carboxylic acids is 3. The number of hydrogen-bond acceptors (Lipinski definition) is 6. The number of ether oxygens (including phenoxy) is 1. The molecule has 0 spiro atoms. The molecule has 4 aromatic rings. The van der Waals surface area contributed by atoms with Crippen LogP contribution in [0.2, 0.25) is 0 Å². The van der Waals surface area contributed by atoms with E-state index in [1.807, 2.05) is 30.0 Å². The molecule has 1 atom stereocenters. The lowest BCUT2D eigenvalue weighted by Crippen LogP contribution is -2.49. The Bertz CT molecular complexity index is 1740. The summed E-state index contributed by atoms with van der Waals surface area (Å²) in [5.41, 5.74) is 2.91. The minimum Gasteiger partial charge on any atom is -0.487 e. The van der Waals surface area contributed by atoms with Crippen LogP contribution in [-0.4, -0.2) is 58.6 Å². The lowest BCUT2D eigenvalue weighted by Gasteiger charge is -2.36. The molecule has 1 unspecified atom stereocenters. The number of hydrogen-bond donors (Lipinski definition) is 2. The molecular formula is C31H30FN5O5. The molecule has 2 fully saturated rings. The van der Waals surface area contributed by atoms with Gasteiger partial charge in [0.15, 0.2) is 0 Å². The topological polar surface area (TPSA) is 117 Å². The van der Waals surface area contributed by atoms with Gasteiger partial charge in [0, 0.05) is 38.2 Å². The van der Waals surface area contributed by atoms with Gasteiger partial charge in [0.1, 0.15) is 29.7 Å². The number of aromatic nitrogens is 2. The number of amides is 3. The van der Waals surface area contributed by atoms with Crippen molar-refractivity contribution in [2.75, 3.05) is 31.1 Å². The smallest absolute Gasteiger partial charge is 0.275 e. The standard InChI is InChI=1S/C31H30FN5O5/c1-19-5-10-24(23(32)17-19)35-13-15-36(16-14-35)30(40)21-8-6-20(7-9-21)18-42-26-4-2-3-22-28(26)34-37(31(22)41)25-11-12-27(38)33-29(25)39/h2-10,17,25,34H,11-16,18H2,1H3,(H,33,38,39). The fourth-order valence-corrected chi connectivity index (χ4v) is 5.50. The van der Waals surface area contributed by atoms with Crippen LogP contribution in [0.3, 0.4) is 0 Å². The highest BCUT2D eigenvalue weighted by Gasteiger charge is 2.30. The van der Waals surface area contributed by atoms with Gasteiger partial charge in [-0.3, -0.25) is 29.6 Å². The van der Waals surface area contributed by atoms with Crippen LogP contribution in [0, 0.1) is 12.7 Å². The first-order valence-electron chi connectivity index (χ1n) is 13.9. The minimum atomic E-state index is -0.799. The zero-order valence-electron chi connectivity index (χ0n) is 23.1. The predicted molar refractivity (Wildman–Crippen MR) is 154 cm³/mol. The highest BCUT2D eigenvalue weighted by atomic mass is 19.1. The van der Waals surface area contributed by atoms with Crippen LogP contribution < -0.4 is 20.5 Å². The summed E-state index contributed by atoms with van der Waals surface area (Å²) in [6.45, 7) is 4.15. The zero-order valence-corrected chi connectivity index (χ0v) is 23.1. The fourth-order valence-electron chi connectivity index (χ4n) is 5.50. The van der Waals surface area contributed by atoms with E-state index in [4.69, 9.17) is 4.74 Å². The van der Waals surface area contributed by atoms with E-state index >= 15 is 0 Å². The number of aryl methyl sites for hydroxylation is 1. The summed E-state index contributed by atoms with van der Waals surface area (Å²) in [5.74, 6) is -0.752. The molecule has 2 N–H and O–H groups in total. The molecule has 0 aliphatic carbocycles. The van der Waals surface area contributed by atoms with E-state index in [9.17, 15) is 23.6 Å². The molecule has 0 bridgehead atoms. The minimum absolute atomic E-state index is 0.0800. The Morgan fingerprint density at radius 3 is 2.48 bits per heavy atom. The van der Waals surface area contributed by atoms with Crippen molar-refractivity contribution in [3.8, 4) is 5.75 Å². The summed E-state index contributed by atoms with van der Waals surface area (Å²) in [4.78, 5) is 53.7. The maximum atomic E-state index is 14.4. The van der Waals surface area contributed by atoms with Gasteiger partial charge in [0.2, 0.25) is 5.91 Å². The van der Waals surface area contributed by atoms with Crippen molar-refractivity contribution in [1.29, 1.82) is 0 Å². The maximum absolute atomic E-state index is 14.4. The van der Waals surface area contributed by atoms with Gasteiger partial charge in [-0.2, -0.15) is 0 Å². The van der Waals surface area contributed by atoms with Crippen molar-refractivity contribution in [2.24, 2.45) is 0 Å². The molecule has 216 valence electrons. The third-order valence-electron chi connectivity index (χ3n) is 7.84. The van der Waals surface area contributed by atoms with E-state index in [1.54, 1.807) is 41.3 Å². The second kappa shape index (κ2) is 11.2. The quantitative estimate of drug-likeness (QED) is 0.343. The number of benzene rings is 3. The van der Waals surface area contributed by atoms with Crippen molar-refractivity contribution in [2.45, 2.75) is 32.4 Å².